The van der Waals surface area contributed by atoms with Gasteiger partial charge in [-0.1, -0.05) is 36.4 Å². The van der Waals surface area contributed by atoms with Gasteiger partial charge in [-0.05, 0) is 31.2 Å². The Hall–Kier alpha value is -2.82. The first-order valence-electron chi connectivity index (χ1n) is 7.49. The maximum absolute atomic E-state index is 12.5. The largest absolute Gasteiger partial charge is 0.478 e. The molecule has 2 aromatic rings. The lowest BCUT2D eigenvalue weighted by molar-refractivity contribution is -0.156. The molecule has 5 nitrogen and oxygen atoms in total. The smallest absolute Gasteiger partial charge is 0.333 e. The molecule has 5 heteroatoms. The highest BCUT2D eigenvalue weighted by molar-refractivity contribution is 6.12. The van der Waals surface area contributed by atoms with Gasteiger partial charge in [-0.15, -0.1) is 0 Å². The molecule has 1 saturated heterocycles. The van der Waals surface area contributed by atoms with E-state index in [-0.39, 0.29) is 12.5 Å². The van der Waals surface area contributed by atoms with E-state index in [4.69, 9.17) is 9.47 Å². The molecule has 0 spiro atoms. The Morgan fingerprint density at radius 2 is 1.65 bits per heavy atom. The van der Waals surface area contributed by atoms with Crippen LogP contribution in [-0.2, 0) is 14.3 Å². The summed E-state index contributed by atoms with van der Waals surface area (Å²) in [5.74, 6) is -0.164. The minimum absolute atomic E-state index is 0.252. The molecule has 2 aromatic carbocycles. The molecule has 0 saturated carbocycles. The van der Waals surface area contributed by atoms with E-state index in [1.54, 1.807) is 31.2 Å². The first-order valence-corrected chi connectivity index (χ1v) is 7.49. The number of hydrogen-bond donors (Lipinski definition) is 0. The monoisotopic (exact) mass is 311 g/mol. The lowest BCUT2D eigenvalue weighted by Gasteiger charge is -2.44. The van der Waals surface area contributed by atoms with Crippen LogP contribution in [0, 0.1) is 0 Å². The van der Waals surface area contributed by atoms with E-state index in [0.29, 0.717) is 11.4 Å². The van der Waals surface area contributed by atoms with Gasteiger partial charge in [-0.2, -0.15) is 0 Å². The van der Waals surface area contributed by atoms with Gasteiger partial charge in [0, 0.05) is 5.69 Å². The lowest BCUT2D eigenvalue weighted by atomic mass is 9.96. The van der Waals surface area contributed by atoms with Gasteiger partial charge in [0.25, 0.3) is 5.91 Å². The number of carbonyl (C=O) groups excluding carboxylic acids is 2. The van der Waals surface area contributed by atoms with E-state index in [1.807, 2.05) is 36.4 Å². The third-order valence-corrected chi connectivity index (χ3v) is 3.61. The zero-order valence-corrected chi connectivity index (χ0v) is 12.7. The van der Waals surface area contributed by atoms with E-state index in [9.17, 15) is 9.59 Å². The summed E-state index contributed by atoms with van der Waals surface area (Å²) in [7, 11) is 0. The normalized spacial score (nSPS) is 19.9. The van der Waals surface area contributed by atoms with Crippen LogP contribution in [0.1, 0.15) is 6.92 Å². The molecule has 3 rings (SSSR count). The molecule has 0 aliphatic carbocycles. The molecule has 1 amide bonds. The Labute approximate surface area is 134 Å². The second kappa shape index (κ2) is 6.52. The molecule has 1 heterocycles. The summed E-state index contributed by atoms with van der Waals surface area (Å²) >= 11 is 0. The fourth-order valence-corrected chi connectivity index (χ4v) is 2.56. The molecule has 0 aromatic heterocycles. The van der Waals surface area contributed by atoms with Gasteiger partial charge in [0.05, 0.1) is 6.61 Å². The summed E-state index contributed by atoms with van der Waals surface area (Å²) in [4.78, 5) is 26.2. The zero-order valence-electron chi connectivity index (χ0n) is 12.7. The minimum atomic E-state index is -0.864. The maximum Gasteiger partial charge on any atom is 0.333 e. The first kappa shape index (κ1) is 15.1. The maximum atomic E-state index is 12.5. The van der Waals surface area contributed by atoms with Gasteiger partial charge in [0.2, 0.25) is 6.10 Å². The van der Waals surface area contributed by atoms with E-state index in [1.165, 1.54) is 4.90 Å². The lowest BCUT2D eigenvalue weighted by Crippen LogP contribution is -2.70. The number of hydrogen-bond acceptors (Lipinski definition) is 4. The Kier molecular flexibility index (Phi) is 4.28. The van der Waals surface area contributed by atoms with Crippen molar-refractivity contribution in [1.29, 1.82) is 0 Å². The molecule has 0 N–H and O–H groups in total. The van der Waals surface area contributed by atoms with E-state index in [2.05, 4.69) is 0 Å². The summed E-state index contributed by atoms with van der Waals surface area (Å²) in [6.07, 6.45) is -0.864. The Bertz CT molecular complexity index is 687. The Balaban J connectivity index is 1.85. The molecule has 0 unspecified atom stereocenters. The fraction of sp³-hybridized carbons (Fsp3) is 0.222. The topological polar surface area (TPSA) is 55.8 Å². The molecule has 1 aliphatic rings. The molecule has 23 heavy (non-hydrogen) atoms. The number of anilines is 1. The van der Waals surface area contributed by atoms with Crippen LogP contribution in [0.3, 0.4) is 0 Å². The predicted octanol–water partition coefficient (Wildman–Crippen LogP) is 2.41. The summed E-state index contributed by atoms with van der Waals surface area (Å²) in [6.45, 7) is 1.99. The number of amides is 1. The standard InChI is InChI=1S/C18H17NO4/c1-2-22-18(21)15-16(23-14-11-7-4-8-12-14)17(20)19(15)13-9-5-3-6-10-13/h3-12,15-16H,2H2,1H3/t15-,16-/m0/s1. The predicted molar refractivity (Wildman–Crippen MR) is 85.2 cm³/mol. The summed E-state index contributed by atoms with van der Waals surface area (Å²) < 4.78 is 10.8. The van der Waals surface area contributed by atoms with Crippen molar-refractivity contribution in [1.82, 2.24) is 0 Å². The van der Waals surface area contributed by atoms with Crippen molar-refractivity contribution in [2.24, 2.45) is 0 Å². The van der Waals surface area contributed by atoms with Crippen molar-refractivity contribution in [2.45, 2.75) is 19.1 Å². The molecule has 0 radical (unpaired) electrons. The number of esters is 1. The number of nitrogens with zero attached hydrogens (tertiary/aromatic N) is 1. The van der Waals surface area contributed by atoms with Crippen LogP contribution in [-0.4, -0.2) is 30.6 Å². The average Bonchev–Trinajstić information content (AvgIpc) is 2.59. The zero-order chi connectivity index (χ0) is 16.2. The minimum Gasteiger partial charge on any atom is -0.478 e. The molecule has 118 valence electrons. The van der Waals surface area contributed by atoms with Gasteiger partial charge >= 0.3 is 5.97 Å². The van der Waals surface area contributed by atoms with Crippen LogP contribution in [0.4, 0.5) is 5.69 Å². The van der Waals surface area contributed by atoms with Crippen molar-refractivity contribution >= 4 is 17.6 Å². The third-order valence-electron chi connectivity index (χ3n) is 3.61. The van der Waals surface area contributed by atoms with Crippen molar-refractivity contribution in [3.8, 4) is 5.75 Å². The number of ether oxygens (including phenoxy) is 2. The van der Waals surface area contributed by atoms with Gasteiger partial charge in [-0.3, -0.25) is 9.69 Å². The van der Waals surface area contributed by atoms with Crippen molar-refractivity contribution < 1.29 is 19.1 Å². The van der Waals surface area contributed by atoms with Gasteiger partial charge in [-0.25, -0.2) is 4.79 Å². The van der Waals surface area contributed by atoms with Crippen molar-refractivity contribution in [3.63, 3.8) is 0 Å². The fourth-order valence-electron chi connectivity index (χ4n) is 2.56. The number of carbonyl (C=O) groups is 2. The summed E-state index contributed by atoms with van der Waals surface area (Å²) in [5, 5.41) is 0. The Morgan fingerprint density at radius 3 is 2.26 bits per heavy atom. The number of β-lactam (4-membered cyclic amide) rings is 1. The van der Waals surface area contributed by atoms with Crippen LogP contribution in [0.2, 0.25) is 0 Å². The van der Waals surface area contributed by atoms with Gasteiger partial charge < -0.3 is 9.47 Å². The molecular formula is C18H17NO4. The molecule has 2 atom stereocenters. The van der Waals surface area contributed by atoms with E-state index < -0.39 is 18.1 Å². The Morgan fingerprint density at radius 1 is 1.04 bits per heavy atom. The van der Waals surface area contributed by atoms with E-state index >= 15 is 0 Å². The SMILES string of the molecule is CCOC(=O)[C@@H]1[C@H](Oc2ccccc2)C(=O)N1c1ccccc1. The van der Waals surface area contributed by atoms with Gasteiger partial charge in [0.15, 0.2) is 6.04 Å². The molecule has 1 aliphatic heterocycles. The van der Waals surface area contributed by atoms with E-state index in [0.717, 1.165) is 0 Å². The second-order valence-electron chi connectivity index (χ2n) is 5.09. The highest BCUT2D eigenvalue weighted by Crippen LogP contribution is 2.31. The van der Waals surface area contributed by atoms with Crippen LogP contribution < -0.4 is 9.64 Å². The van der Waals surface area contributed by atoms with Crippen LogP contribution in [0.15, 0.2) is 60.7 Å². The van der Waals surface area contributed by atoms with Crippen molar-refractivity contribution in [2.75, 3.05) is 11.5 Å². The molecule has 1 fully saturated rings. The number of rotatable bonds is 5. The highest BCUT2D eigenvalue weighted by Gasteiger charge is 2.55. The number of para-hydroxylation sites is 2. The van der Waals surface area contributed by atoms with Crippen LogP contribution >= 0.6 is 0 Å². The van der Waals surface area contributed by atoms with Crippen LogP contribution in [0.25, 0.3) is 0 Å². The molecule has 0 bridgehead atoms. The number of benzene rings is 2. The second-order valence-corrected chi connectivity index (χ2v) is 5.09. The summed E-state index contributed by atoms with van der Waals surface area (Å²) in [5.41, 5.74) is 0.656. The average molecular weight is 311 g/mol. The van der Waals surface area contributed by atoms with Crippen LogP contribution in [0.5, 0.6) is 5.75 Å². The quantitative estimate of drug-likeness (QED) is 0.628. The summed E-state index contributed by atoms with van der Waals surface area (Å²) in [6, 6.07) is 17.3. The first-order chi connectivity index (χ1) is 11.2. The highest BCUT2D eigenvalue weighted by atomic mass is 16.5. The van der Waals surface area contributed by atoms with Gasteiger partial charge in [0.1, 0.15) is 5.75 Å². The molecular weight excluding hydrogens is 294 g/mol. The van der Waals surface area contributed by atoms with Crippen molar-refractivity contribution in [3.05, 3.63) is 60.7 Å². The third kappa shape index (κ3) is 2.90.